The van der Waals surface area contributed by atoms with Crippen molar-refractivity contribution in [1.29, 1.82) is 0 Å². The van der Waals surface area contributed by atoms with Crippen LogP contribution in [0.3, 0.4) is 0 Å². The van der Waals surface area contributed by atoms with Crippen LogP contribution in [0.4, 0.5) is 11.4 Å². The first-order valence-corrected chi connectivity index (χ1v) is 12.3. The molecule has 3 aliphatic rings. The molecule has 2 unspecified atom stereocenters. The molecule has 2 amide bonds. The van der Waals surface area contributed by atoms with Gasteiger partial charge in [-0.3, -0.25) is 19.2 Å². The molecule has 2 aromatic carbocycles. The smallest absolute Gasteiger partial charge is 0.232 e. The number of quaternary nitrogens is 2. The lowest BCUT2D eigenvalue weighted by Gasteiger charge is -2.37. The molecule has 2 fully saturated rings. The summed E-state index contributed by atoms with van der Waals surface area (Å²) in [5, 5.41) is 46.2. The molecule has 12 heteroatoms. The Balaban J connectivity index is 1.74. The van der Waals surface area contributed by atoms with Gasteiger partial charge in [-0.05, 0) is 24.3 Å². The van der Waals surface area contributed by atoms with Crippen molar-refractivity contribution in [2.24, 2.45) is 0 Å². The minimum atomic E-state index is -0.803. The fourth-order valence-electron chi connectivity index (χ4n) is 5.32. The van der Waals surface area contributed by atoms with E-state index in [1.165, 1.54) is 36.0 Å². The minimum Gasteiger partial charge on any atom is -0.633 e. The van der Waals surface area contributed by atoms with Crippen LogP contribution in [0.15, 0.2) is 24.3 Å². The van der Waals surface area contributed by atoms with Gasteiger partial charge in [-0.15, -0.1) is 0 Å². The molecule has 2 heterocycles. The van der Waals surface area contributed by atoms with E-state index in [9.17, 15) is 39.8 Å². The zero-order valence-corrected chi connectivity index (χ0v) is 21.1. The molecule has 2 atom stereocenters. The molecule has 0 aromatic heterocycles. The van der Waals surface area contributed by atoms with Crippen LogP contribution in [-0.4, -0.2) is 96.3 Å². The number of hydroxylamine groups is 6. The highest BCUT2D eigenvalue weighted by Gasteiger charge is 2.42. The number of aromatic hydroxyl groups is 2. The van der Waals surface area contributed by atoms with Crippen LogP contribution in [0.2, 0.25) is 0 Å². The summed E-state index contributed by atoms with van der Waals surface area (Å²) in [6, 6.07) is 5.09. The molecule has 2 aliphatic heterocycles. The lowest BCUT2D eigenvalue weighted by molar-refractivity contribution is -0.857. The normalized spacial score (nSPS) is 26.1. The first-order valence-electron chi connectivity index (χ1n) is 12.3. The molecule has 0 bridgehead atoms. The second-order valence-electron chi connectivity index (χ2n) is 10.4. The Morgan fingerprint density at radius 2 is 1.00 bits per heavy atom. The van der Waals surface area contributed by atoms with Gasteiger partial charge in [-0.1, -0.05) is 0 Å². The van der Waals surface area contributed by atoms with Crippen LogP contribution in [0.1, 0.15) is 44.7 Å². The van der Waals surface area contributed by atoms with Crippen molar-refractivity contribution in [2.45, 2.75) is 12.8 Å². The second-order valence-corrected chi connectivity index (χ2v) is 10.4. The zero-order chi connectivity index (χ0) is 27.6. The van der Waals surface area contributed by atoms with Gasteiger partial charge in [0.05, 0.1) is 99.8 Å². The maximum atomic E-state index is 13.9. The van der Waals surface area contributed by atoms with E-state index < -0.39 is 55.3 Å². The number of anilines is 2. The van der Waals surface area contributed by atoms with Gasteiger partial charge < -0.3 is 39.7 Å². The molecule has 0 radical (unpaired) electrons. The summed E-state index contributed by atoms with van der Waals surface area (Å²) in [5.74, 6) is -3.46. The Bertz CT molecular complexity index is 1300. The van der Waals surface area contributed by atoms with Crippen LogP contribution in [-0.2, 0) is 9.59 Å². The fourth-order valence-corrected chi connectivity index (χ4v) is 5.32. The van der Waals surface area contributed by atoms with Crippen molar-refractivity contribution in [3.8, 4) is 11.5 Å². The van der Waals surface area contributed by atoms with Crippen LogP contribution >= 0.6 is 0 Å². The second kappa shape index (κ2) is 8.88. The SMILES string of the molecule is C[N+]1([O-])CCC(=O)N(c2ccc(N3CC[N+](C)([O-])CCC3=O)c3c2C(=O)c2c(O)ccc(O)c2C3=O)CC1. The number of hydrogen-bond acceptors (Lipinski definition) is 8. The van der Waals surface area contributed by atoms with Crippen molar-refractivity contribution >= 4 is 34.8 Å². The van der Waals surface area contributed by atoms with E-state index in [1.807, 2.05) is 0 Å². The third kappa shape index (κ3) is 4.21. The number of phenolic OH excluding ortho intramolecular Hbond substituents is 2. The predicted octanol–water partition coefficient (Wildman–Crippen LogP) is 1.24. The number of ketones is 2. The molecule has 200 valence electrons. The molecule has 38 heavy (non-hydrogen) atoms. The summed E-state index contributed by atoms with van der Waals surface area (Å²) in [7, 11) is 2.91. The highest BCUT2D eigenvalue weighted by atomic mass is 16.5. The van der Waals surface area contributed by atoms with E-state index in [1.54, 1.807) is 0 Å². The molecule has 2 saturated heterocycles. The average Bonchev–Trinajstić information content (AvgIpc) is 3.08. The van der Waals surface area contributed by atoms with Gasteiger partial charge in [0.1, 0.15) is 11.5 Å². The molecule has 12 nitrogen and oxygen atoms in total. The van der Waals surface area contributed by atoms with Gasteiger partial charge in [-0.25, -0.2) is 0 Å². The molecular weight excluding hydrogens is 496 g/mol. The highest BCUT2D eigenvalue weighted by molar-refractivity contribution is 6.34. The number of nitrogens with zero attached hydrogens (tertiary/aromatic N) is 4. The first kappa shape index (κ1) is 25.8. The number of carbonyl (C=O) groups excluding carboxylic acids is 4. The minimum absolute atomic E-state index is 0.0143. The zero-order valence-electron chi connectivity index (χ0n) is 21.1. The average molecular weight is 525 g/mol. The summed E-state index contributed by atoms with van der Waals surface area (Å²) in [5.41, 5.74) is -1.05. The van der Waals surface area contributed by atoms with Crippen molar-refractivity contribution in [1.82, 2.24) is 0 Å². The summed E-state index contributed by atoms with van der Waals surface area (Å²) in [4.78, 5) is 56.6. The molecular formula is C26H28N4O8. The third-order valence-corrected chi connectivity index (χ3v) is 7.61. The van der Waals surface area contributed by atoms with Gasteiger partial charge in [0.15, 0.2) is 0 Å². The van der Waals surface area contributed by atoms with Gasteiger partial charge >= 0.3 is 0 Å². The predicted molar refractivity (Wildman–Crippen MR) is 136 cm³/mol. The Labute approximate surface area is 218 Å². The molecule has 0 spiro atoms. The lowest BCUT2D eigenvalue weighted by Crippen LogP contribution is -2.42. The fraction of sp³-hybridized carbons (Fsp3) is 0.385. The van der Waals surface area contributed by atoms with Crippen LogP contribution in [0.5, 0.6) is 11.5 Å². The number of amides is 2. The summed E-state index contributed by atoms with van der Waals surface area (Å²) in [6.45, 7) is 0.178. The Hall–Kier alpha value is -3.84. The van der Waals surface area contributed by atoms with E-state index in [-0.39, 0.29) is 74.6 Å². The van der Waals surface area contributed by atoms with Crippen LogP contribution in [0.25, 0.3) is 0 Å². The van der Waals surface area contributed by atoms with Crippen LogP contribution in [0, 0.1) is 10.4 Å². The van der Waals surface area contributed by atoms with E-state index >= 15 is 0 Å². The number of benzene rings is 2. The van der Waals surface area contributed by atoms with E-state index in [2.05, 4.69) is 0 Å². The number of phenols is 2. The number of fused-ring (bicyclic) bond motifs is 2. The number of hydrogen-bond donors (Lipinski definition) is 2. The van der Waals surface area contributed by atoms with Gasteiger partial charge in [0.2, 0.25) is 23.4 Å². The van der Waals surface area contributed by atoms with Crippen molar-refractivity contribution < 1.29 is 38.7 Å². The molecule has 5 rings (SSSR count). The van der Waals surface area contributed by atoms with E-state index in [4.69, 9.17) is 0 Å². The molecule has 1 aliphatic carbocycles. The summed E-state index contributed by atoms with van der Waals surface area (Å²) in [6.07, 6.45) is -0.155. The summed E-state index contributed by atoms with van der Waals surface area (Å²) < 4.78 is -1.30. The van der Waals surface area contributed by atoms with Crippen molar-refractivity contribution in [2.75, 3.05) is 63.2 Å². The van der Waals surface area contributed by atoms with E-state index in [0.717, 1.165) is 12.1 Å². The Morgan fingerprint density at radius 1 is 0.632 bits per heavy atom. The molecule has 0 saturated carbocycles. The highest BCUT2D eigenvalue weighted by Crippen LogP contribution is 2.44. The number of likely N-dealkylation sites (N-methyl/N-ethyl adjacent to an activating group) is 2. The third-order valence-electron chi connectivity index (χ3n) is 7.61. The Kier molecular flexibility index (Phi) is 6.03. The maximum Gasteiger partial charge on any atom is 0.232 e. The van der Waals surface area contributed by atoms with E-state index in [0.29, 0.717) is 0 Å². The maximum absolute atomic E-state index is 13.9. The van der Waals surface area contributed by atoms with Gasteiger partial charge in [0.25, 0.3) is 0 Å². The monoisotopic (exact) mass is 524 g/mol. The number of rotatable bonds is 2. The topological polar surface area (TPSA) is 161 Å². The number of carbonyl (C=O) groups is 4. The van der Waals surface area contributed by atoms with Crippen molar-refractivity contribution in [3.63, 3.8) is 0 Å². The molecule has 2 aromatic rings. The molecule has 2 N–H and O–H groups in total. The lowest BCUT2D eigenvalue weighted by atomic mass is 9.80. The summed E-state index contributed by atoms with van der Waals surface area (Å²) >= 11 is 0. The Morgan fingerprint density at radius 3 is 1.37 bits per heavy atom. The van der Waals surface area contributed by atoms with Gasteiger partial charge in [0, 0.05) is 0 Å². The van der Waals surface area contributed by atoms with Crippen LogP contribution < -0.4 is 9.80 Å². The largest absolute Gasteiger partial charge is 0.633 e. The van der Waals surface area contributed by atoms with Crippen molar-refractivity contribution in [3.05, 3.63) is 56.9 Å². The standard InChI is InChI=1S/C26H28N4O8/c1-29(37)11-7-19(33)27(9-13-29)15-3-4-16(28-10-14-30(2,38)12-8-20(28)34)22-21(15)25(35)23-17(31)5-6-18(32)24(23)26(22)36/h3-6,31-32H,7-14H2,1-2H3. The quantitative estimate of drug-likeness (QED) is 0.287. The van der Waals surface area contributed by atoms with Gasteiger partial charge in [-0.2, -0.15) is 0 Å². The first-order chi connectivity index (χ1) is 17.8.